The Morgan fingerprint density at radius 1 is 1.21 bits per heavy atom. The molecule has 5 rings (SSSR count). The number of imidazole rings is 1. The van der Waals surface area contributed by atoms with E-state index >= 15 is 0 Å². The number of carbonyl (C=O) groups excluding carboxylic acids is 1. The SMILES string of the molecule is N#Cc1cccc(C(=O)NC[C@@H]2[C@H]3C[C@H](n4cnc5cc(F)c(F)cc54)C[C@@H]23)c1. The summed E-state index contributed by atoms with van der Waals surface area (Å²) in [5, 5.41) is 11.9. The maximum Gasteiger partial charge on any atom is 0.251 e. The minimum absolute atomic E-state index is 0.165. The van der Waals surface area contributed by atoms with Gasteiger partial charge in [0.05, 0.1) is 29.0 Å². The third-order valence-electron chi connectivity index (χ3n) is 6.36. The highest BCUT2D eigenvalue weighted by atomic mass is 19.2. The summed E-state index contributed by atoms with van der Waals surface area (Å²) in [6.07, 6.45) is 3.55. The van der Waals surface area contributed by atoms with Crippen molar-refractivity contribution in [3.63, 3.8) is 0 Å². The molecule has 0 saturated heterocycles. The molecule has 2 aliphatic rings. The number of aromatic nitrogens is 2. The molecule has 0 aliphatic heterocycles. The van der Waals surface area contributed by atoms with Crippen LogP contribution < -0.4 is 5.32 Å². The number of carbonyl (C=O) groups is 1. The standard InChI is InChI=1S/C22H18F2N4O/c23-18-7-20-21(8-19(18)24)28(11-27-20)14-5-15-16(6-14)17(15)10-26-22(29)13-3-1-2-12(4-13)9-25/h1-4,7-8,11,14-17H,5-6,10H2,(H,26,29)/t14-,15-,16+,17+. The molecule has 5 nitrogen and oxygen atoms in total. The van der Waals surface area contributed by atoms with E-state index in [1.165, 1.54) is 6.07 Å². The van der Waals surface area contributed by atoms with Gasteiger partial charge in [0.2, 0.25) is 0 Å². The Labute approximate surface area is 166 Å². The van der Waals surface area contributed by atoms with Crippen LogP contribution in [0.5, 0.6) is 0 Å². The first-order chi connectivity index (χ1) is 14.0. The Morgan fingerprint density at radius 3 is 2.72 bits per heavy atom. The summed E-state index contributed by atoms with van der Waals surface area (Å²) in [6.45, 7) is 0.613. The normalized spacial score (nSPS) is 24.9. The van der Waals surface area contributed by atoms with Crippen molar-refractivity contribution in [2.45, 2.75) is 18.9 Å². The molecule has 3 aromatic rings. The molecule has 2 aromatic carbocycles. The van der Waals surface area contributed by atoms with Crippen molar-refractivity contribution < 1.29 is 13.6 Å². The molecule has 1 heterocycles. The van der Waals surface area contributed by atoms with Gasteiger partial charge in [0, 0.05) is 30.3 Å². The minimum atomic E-state index is -0.881. The molecule has 0 unspecified atom stereocenters. The molecule has 2 fully saturated rings. The van der Waals surface area contributed by atoms with Crippen LogP contribution in [0.1, 0.15) is 34.8 Å². The highest BCUT2D eigenvalue weighted by molar-refractivity contribution is 5.94. The maximum absolute atomic E-state index is 13.6. The van der Waals surface area contributed by atoms with Crippen molar-refractivity contribution in [1.29, 1.82) is 5.26 Å². The van der Waals surface area contributed by atoms with Gasteiger partial charge < -0.3 is 9.88 Å². The molecule has 1 N–H and O–H groups in total. The number of hydrogen-bond acceptors (Lipinski definition) is 3. The van der Waals surface area contributed by atoms with Crippen LogP contribution in [0, 0.1) is 40.7 Å². The van der Waals surface area contributed by atoms with Crippen LogP contribution in [0.2, 0.25) is 0 Å². The van der Waals surface area contributed by atoms with Crippen LogP contribution in [-0.2, 0) is 0 Å². The molecule has 29 heavy (non-hydrogen) atoms. The highest BCUT2D eigenvalue weighted by Crippen LogP contribution is 2.60. The number of nitrogens with one attached hydrogen (secondary N) is 1. The lowest BCUT2D eigenvalue weighted by molar-refractivity contribution is 0.0950. The van der Waals surface area contributed by atoms with Gasteiger partial charge in [-0.15, -0.1) is 0 Å². The first-order valence-corrected chi connectivity index (χ1v) is 9.65. The average Bonchev–Trinajstić information content (AvgIpc) is 3.06. The van der Waals surface area contributed by atoms with E-state index in [9.17, 15) is 13.6 Å². The highest BCUT2D eigenvalue weighted by Gasteiger charge is 2.56. The fourth-order valence-electron chi connectivity index (χ4n) is 4.83. The Hall–Kier alpha value is -3.27. The second-order valence-corrected chi connectivity index (χ2v) is 7.93. The predicted octanol–water partition coefficient (Wildman–Crippen LogP) is 3.81. The molecule has 4 atom stereocenters. The molecule has 2 aliphatic carbocycles. The van der Waals surface area contributed by atoms with Gasteiger partial charge in [-0.3, -0.25) is 4.79 Å². The first-order valence-electron chi connectivity index (χ1n) is 9.65. The van der Waals surface area contributed by atoms with Gasteiger partial charge in [0.25, 0.3) is 5.91 Å². The number of halogens is 2. The number of fused-ring (bicyclic) bond motifs is 2. The number of benzene rings is 2. The Bertz CT molecular complexity index is 1150. The van der Waals surface area contributed by atoms with Crippen LogP contribution in [-0.4, -0.2) is 22.0 Å². The second kappa shape index (κ2) is 6.66. The van der Waals surface area contributed by atoms with Crippen molar-refractivity contribution >= 4 is 16.9 Å². The zero-order valence-electron chi connectivity index (χ0n) is 15.5. The van der Waals surface area contributed by atoms with Crippen LogP contribution >= 0.6 is 0 Å². The molecule has 7 heteroatoms. The third kappa shape index (κ3) is 3.05. The molecule has 0 radical (unpaired) electrons. The van der Waals surface area contributed by atoms with E-state index in [1.54, 1.807) is 30.6 Å². The predicted molar refractivity (Wildman–Crippen MR) is 102 cm³/mol. The van der Waals surface area contributed by atoms with Crippen LogP contribution in [0.4, 0.5) is 8.78 Å². The van der Waals surface area contributed by atoms with Gasteiger partial charge in [-0.1, -0.05) is 6.07 Å². The smallest absolute Gasteiger partial charge is 0.251 e. The summed E-state index contributed by atoms with van der Waals surface area (Å²) < 4.78 is 29.0. The Balaban J connectivity index is 1.20. The molecule has 1 amide bonds. The van der Waals surface area contributed by atoms with E-state index < -0.39 is 11.6 Å². The van der Waals surface area contributed by atoms with Gasteiger partial charge in [-0.25, -0.2) is 13.8 Å². The van der Waals surface area contributed by atoms with Crippen LogP contribution in [0.15, 0.2) is 42.7 Å². The van der Waals surface area contributed by atoms with Gasteiger partial charge >= 0.3 is 0 Å². The lowest BCUT2D eigenvalue weighted by atomic mass is 10.1. The topological polar surface area (TPSA) is 70.7 Å². The van der Waals surface area contributed by atoms with Gasteiger partial charge in [0.15, 0.2) is 11.6 Å². The number of rotatable bonds is 4. The Morgan fingerprint density at radius 2 is 1.97 bits per heavy atom. The summed E-state index contributed by atoms with van der Waals surface area (Å²) in [4.78, 5) is 16.5. The number of nitriles is 1. The van der Waals surface area contributed by atoms with E-state index in [0.29, 0.717) is 46.5 Å². The summed E-state index contributed by atoms with van der Waals surface area (Å²) >= 11 is 0. The summed E-state index contributed by atoms with van der Waals surface area (Å²) in [6, 6.07) is 11.3. The molecule has 0 bridgehead atoms. The van der Waals surface area contributed by atoms with Crippen molar-refractivity contribution in [3.8, 4) is 6.07 Å². The molecule has 0 spiro atoms. The number of amides is 1. The van der Waals surface area contributed by atoms with Gasteiger partial charge in [-0.2, -0.15) is 5.26 Å². The fourth-order valence-corrected chi connectivity index (χ4v) is 4.83. The molecular weight excluding hydrogens is 374 g/mol. The van der Waals surface area contributed by atoms with E-state index in [1.807, 2.05) is 10.6 Å². The zero-order valence-corrected chi connectivity index (χ0v) is 15.5. The lowest BCUT2D eigenvalue weighted by Crippen LogP contribution is -2.27. The monoisotopic (exact) mass is 392 g/mol. The summed E-state index contributed by atoms with van der Waals surface area (Å²) in [5.74, 6) is -0.418. The van der Waals surface area contributed by atoms with E-state index in [4.69, 9.17) is 5.26 Å². The Kier molecular flexibility index (Phi) is 4.09. The third-order valence-corrected chi connectivity index (χ3v) is 6.36. The van der Waals surface area contributed by atoms with Crippen molar-refractivity contribution in [2.75, 3.05) is 6.54 Å². The van der Waals surface area contributed by atoms with Crippen LogP contribution in [0.25, 0.3) is 11.0 Å². The minimum Gasteiger partial charge on any atom is -0.352 e. The first kappa shape index (κ1) is 17.8. The van der Waals surface area contributed by atoms with E-state index in [0.717, 1.165) is 18.9 Å². The van der Waals surface area contributed by atoms with E-state index in [-0.39, 0.29) is 11.9 Å². The van der Waals surface area contributed by atoms with Crippen molar-refractivity contribution in [3.05, 3.63) is 65.5 Å². The number of nitrogens with zero attached hydrogens (tertiary/aromatic N) is 3. The van der Waals surface area contributed by atoms with E-state index in [2.05, 4.69) is 10.3 Å². The quantitative estimate of drug-likeness (QED) is 0.734. The lowest BCUT2D eigenvalue weighted by Gasteiger charge is -2.17. The number of hydrogen-bond donors (Lipinski definition) is 1. The van der Waals surface area contributed by atoms with Gasteiger partial charge in [-0.05, 0) is 48.8 Å². The van der Waals surface area contributed by atoms with Crippen molar-refractivity contribution in [2.24, 2.45) is 17.8 Å². The molecule has 1 aromatic heterocycles. The largest absolute Gasteiger partial charge is 0.352 e. The average molecular weight is 392 g/mol. The molecule has 146 valence electrons. The zero-order chi connectivity index (χ0) is 20.1. The second-order valence-electron chi connectivity index (χ2n) is 7.93. The summed E-state index contributed by atoms with van der Waals surface area (Å²) in [7, 11) is 0. The molecular formula is C22H18F2N4O. The fraction of sp³-hybridized carbons (Fsp3) is 0.318. The molecule has 2 saturated carbocycles. The van der Waals surface area contributed by atoms with Gasteiger partial charge in [0.1, 0.15) is 0 Å². The van der Waals surface area contributed by atoms with Crippen molar-refractivity contribution in [1.82, 2.24) is 14.9 Å². The maximum atomic E-state index is 13.6. The van der Waals surface area contributed by atoms with Crippen LogP contribution in [0.3, 0.4) is 0 Å². The summed E-state index contributed by atoms with van der Waals surface area (Å²) in [5.41, 5.74) is 2.05.